The third kappa shape index (κ3) is 2.74. The highest BCUT2D eigenvalue weighted by Crippen LogP contribution is 2.50. The molecule has 0 fully saturated rings. The van der Waals surface area contributed by atoms with E-state index in [1.807, 2.05) is 13.8 Å². The topological polar surface area (TPSA) is 80.6 Å². The molecule has 24 heavy (non-hydrogen) atoms. The van der Waals surface area contributed by atoms with E-state index in [1.54, 1.807) is 37.3 Å². The monoisotopic (exact) mass is 357 g/mol. The number of ether oxygens (including phenoxy) is 1. The fraction of sp³-hybridized carbons (Fsp3) is 0.278. The summed E-state index contributed by atoms with van der Waals surface area (Å²) in [5.41, 5.74) is 0.201. The number of rotatable bonds is 2. The molecular formula is C18H13Cl2N3O. The maximum Gasteiger partial charge on any atom is 0.172 e. The molecule has 0 N–H and O–H groups in total. The smallest absolute Gasteiger partial charge is 0.172 e. The Hall–Kier alpha value is -2.45. The first-order valence-electron chi connectivity index (χ1n) is 7.14. The van der Waals surface area contributed by atoms with Crippen LogP contribution in [-0.4, -0.2) is 0 Å². The molecule has 6 heteroatoms. The van der Waals surface area contributed by atoms with Crippen LogP contribution in [0.2, 0.25) is 10.0 Å². The van der Waals surface area contributed by atoms with Gasteiger partial charge in [0.25, 0.3) is 0 Å². The van der Waals surface area contributed by atoms with Gasteiger partial charge in [-0.25, -0.2) is 0 Å². The van der Waals surface area contributed by atoms with E-state index in [0.717, 1.165) is 0 Å². The molecule has 0 saturated carbocycles. The maximum atomic E-state index is 9.59. The summed E-state index contributed by atoms with van der Waals surface area (Å²) in [5.74, 6) is -0.0627. The fourth-order valence-corrected chi connectivity index (χ4v) is 3.59. The Morgan fingerprint density at radius 1 is 1.17 bits per heavy atom. The Morgan fingerprint density at radius 2 is 1.79 bits per heavy atom. The maximum absolute atomic E-state index is 9.59. The van der Waals surface area contributed by atoms with Crippen LogP contribution in [0.3, 0.4) is 0 Å². The number of hydrogen-bond donors (Lipinski definition) is 0. The van der Waals surface area contributed by atoms with Crippen molar-refractivity contribution in [2.24, 2.45) is 5.92 Å². The average Bonchev–Trinajstić information content (AvgIpc) is 2.82. The van der Waals surface area contributed by atoms with Gasteiger partial charge in [-0.3, -0.25) is 0 Å². The Morgan fingerprint density at radius 3 is 2.25 bits per heavy atom. The van der Waals surface area contributed by atoms with E-state index in [9.17, 15) is 15.8 Å². The highest BCUT2D eigenvalue weighted by Gasteiger charge is 2.46. The minimum Gasteiger partial charge on any atom is -0.475 e. The molecule has 1 aliphatic heterocycles. The van der Waals surface area contributed by atoms with E-state index in [0.29, 0.717) is 21.2 Å². The average molecular weight is 358 g/mol. The van der Waals surface area contributed by atoms with Gasteiger partial charge in [-0.15, -0.1) is 0 Å². The van der Waals surface area contributed by atoms with Gasteiger partial charge in [-0.05, 0) is 25.0 Å². The van der Waals surface area contributed by atoms with Crippen LogP contribution < -0.4 is 0 Å². The Bertz CT molecular complexity index is 878. The van der Waals surface area contributed by atoms with Gasteiger partial charge >= 0.3 is 0 Å². The van der Waals surface area contributed by atoms with Crippen molar-refractivity contribution in [1.82, 2.24) is 0 Å². The molecule has 1 aromatic rings. The molecule has 0 spiro atoms. The third-order valence-corrected chi connectivity index (χ3v) is 4.45. The predicted molar refractivity (Wildman–Crippen MR) is 90.6 cm³/mol. The quantitative estimate of drug-likeness (QED) is 0.696. The molecule has 4 nitrogen and oxygen atoms in total. The molecule has 1 aromatic carbocycles. The van der Waals surface area contributed by atoms with Crippen LogP contribution in [0.5, 0.6) is 0 Å². The summed E-state index contributed by atoms with van der Waals surface area (Å²) < 4.78 is 5.99. The lowest BCUT2D eigenvalue weighted by molar-refractivity contribution is 0.0662. The molecule has 0 aliphatic carbocycles. The highest BCUT2D eigenvalue weighted by molar-refractivity contribution is 6.35. The van der Waals surface area contributed by atoms with Crippen molar-refractivity contribution >= 4 is 23.2 Å². The minimum atomic E-state index is -1.06. The second-order valence-corrected chi connectivity index (χ2v) is 6.59. The van der Waals surface area contributed by atoms with E-state index in [1.165, 1.54) is 0 Å². The Balaban J connectivity index is 2.84. The Labute approximate surface area is 150 Å². The van der Waals surface area contributed by atoms with Gasteiger partial charge in [-0.1, -0.05) is 43.1 Å². The number of nitrogens with zero attached hydrogens (tertiary/aromatic N) is 3. The van der Waals surface area contributed by atoms with E-state index in [2.05, 4.69) is 6.07 Å². The van der Waals surface area contributed by atoms with Crippen LogP contribution in [0.1, 0.15) is 26.3 Å². The zero-order valence-corrected chi connectivity index (χ0v) is 14.8. The number of allylic oxidation sites excluding steroid dienone is 2. The lowest BCUT2D eigenvalue weighted by atomic mass is 9.80. The second-order valence-electron chi connectivity index (χ2n) is 5.74. The number of benzene rings is 1. The van der Waals surface area contributed by atoms with E-state index < -0.39 is 5.60 Å². The van der Waals surface area contributed by atoms with Crippen molar-refractivity contribution in [3.63, 3.8) is 0 Å². The van der Waals surface area contributed by atoms with Gasteiger partial charge in [0, 0.05) is 21.2 Å². The SMILES string of the molecule is CC(C)C1=C(C#N)C(=C(C#N)C#N)OC1(C)c1ccc(Cl)cc1Cl. The van der Waals surface area contributed by atoms with Gasteiger partial charge in [0.15, 0.2) is 16.9 Å². The summed E-state index contributed by atoms with van der Waals surface area (Å²) in [6.45, 7) is 5.60. The van der Waals surface area contributed by atoms with Crippen LogP contribution in [0.4, 0.5) is 0 Å². The number of nitriles is 3. The zero-order valence-electron chi connectivity index (χ0n) is 13.3. The van der Waals surface area contributed by atoms with Crippen molar-refractivity contribution in [2.75, 3.05) is 0 Å². The second kappa shape index (κ2) is 6.58. The first-order valence-corrected chi connectivity index (χ1v) is 7.89. The molecule has 0 amide bonds. The molecule has 1 atom stereocenters. The molecule has 0 saturated heterocycles. The fourth-order valence-electron chi connectivity index (χ4n) is 3.00. The third-order valence-electron chi connectivity index (χ3n) is 3.90. The van der Waals surface area contributed by atoms with Crippen LogP contribution in [0.25, 0.3) is 0 Å². The molecule has 1 unspecified atom stereocenters. The van der Waals surface area contributed by atoms with E-state index >= 15 is 0 Å². The van der Waals surface area contributed by atoms with Gasteiger partial charge in [0.05, 0.1) is 5.57 Å². The van der Waals surface area contributed by atoms with Crippen molar-refractivity contribution in [3.05, 3.63) is 56.3 Å². The summed E-state index contributed by atoms with van der Waals surface area (Å²) >= 11 is 12.3. The van der Waals surface area contributed by atoms with Crippen LogP contribution in [0.15, 0.2) is 40.7 Å². The summed E-state index contributed by atoms with van der Waals surface area (Å²) in [6.07, 6.45) is 0. The van der Waals surface area contributed by atoms with Gasteiger partial charge in [0.2, 0.25) is 0 Å². The predicted octanol–water partition coefficient (Wildman–Crippen LogP) is 5.02. The normalized spacial score (nSPS) is 19.5. The first kappa shape index (κ1) is 17.9. The summed E-state index contributed by atoms with van der Waals surface area (Å²) in [5, 5.41) is 28.8. The van der Waals surface area contributed by atoms with E-state index in [-0.39, 0.29) is 22.8 Å². The number of hydrogen-bond acceptors (Lipinski definition) is 4. The minimum absolute atomic E-state index is 0.000262. The first-order chi connectivity index (χ1) is 11.3. The summed E-state index contributed by atoms with van der Waals surface area (Å²) in [4.78, 5) is 0. The molecule has 0 radical (unpaired) electrons. The van der Waals surface area contributed by atoms with E-state index in [4.69, 9.17) is 27.9 Å². The van der Waals surface area contributed by atoms with Gasteiger partial charge < -0.3 is 4.74 Å². The lowest BCUT2D eigenvalue weighted by Gasteiger charge is -2.31. The Kier molecular flexibility index (Phi) is 4.91. The van der Waals surface area contributed by atoms with Crippen molar-refractivity contribution in [3.8, 4) is 18.2 Å². The van der Waals surface area contributed by atoms with Crippen molar-refractivity contribution < 1.29 is 4.74 Å². The molecular weight excluding hydrogens is 345 g/mol. The summed E-state index contributed by atoms with van der Waals surface area (Å²) in [6, 6.07) is 10.6. The molecule has 2 rings (SSSR count). The number of halogens is 2. The molecule has 1 heterocycles. The van der Waals surface area contributed by atoms with Crippen LogP contribution >= 0.6 is 23.2 Å². The highest BCUT2D eigenvalue weighted by atomic mass is 35.5. The largest absolute Gasteiger partial charge is 0.475 e. The summed E-state index contributed by atoms with van der Waals surface area (Å²) in [7, 11) is 0. The van der Waals surface area contributed by atoms with Crippen molar-refractivity contribution in [2.45, 2.75) is 26.4 Å². The standard InChI is InChI=1S/C18H13Cl2N3O/c1-10(2)16-13(9-23)17(11(7-21)8-22)24-18(16,3)14-5-4-12(19)6-15(14)20/h4-6,10H,1-3H3. The van der Waals surface area contributed by atoms with Gasteiger partial charge in [0.1, 0.15) is 18.2 Å². The zero-order chi connectivity index (χ0) is 18.1. The lowest BCUT2D eigenvalue weighted by Crippen LogP contribution is -2.27. The van der Waals surface area contributed by atoms with Crippen molar-refractivity contribution in [1.29, 1.82) is 15.8 Å². The van der Waals surface area contributed by atoms with Gasteiger partial charge in [-0.2, -0.15) is 15.8 Å². The molecule has 1 aliphatic rings. The molecule has 0 bridgehead atoms. The molecule has 0 aromatic heterocycles. The molecule has 120 valence electrons. The van der Waals surface area contributed by atoms with Crippen LogP contribution in [0, 0.1) is 39.9 Å². The van der Waals surface area contributed by atoms with Crippen LogP contribution in [-0.2, 0) is 10.3 Å².